The van der Waals surface area contributed by atoms with Crippen LogP contribution < -0.4 is 5.32 Å². The summed E-state index contributed by atoms with van der Waals surface area (Å²) < 4.78 is 0. The van der Waals surface area contributed by atoms with Crippen molar-refractivity contribution in [2.24, 2.45) is 0 Å². The Kier molecular flexibility index (Phi) is 5.23. The van der Waals surface area contributed by atoms with E-state index in [1.807, 2.05) is 0 Å². The summed E-state index contributed by atoms with van der Waals surface area (Å²) in [5, 5.41) is 13.4. The van der Waals surface area contributed by atoms with Crippen LogP contribution in [0, 0.1) is 10.1 Å². The molecule has 0 saturated heterocycles. The number of nitrogens with one attached hydrogen (secondary N) is 1. The topological polar surface area (TPSA) is 72.2 Å². The molecule has 19 heavy (non-hydrogen) atoms. The van der Waals surface area contributed by atoms with Crippen LogP contribution in [-0.4, -0.2) is 25.4 Å². The highest BCUT2D eigenvalue weighted by Gasteiger charge is 2.13. The summed E-state index contributed by atoms with van der Waals surface area (Å²) >= 11 is 0. The van der Waals surface area contributed by atoms with Crippen molar-refractivity contribution in [3.63, 3.8) is 0 Å². The Hall–Kier alpha value is -1.69. The molecule has 0 radical (unpaired) electrons. The van der Waals surface area contributed by atoms with E-state index in [4.69, 9.17) is 0 Å². The van der Waals surface area contributed by atoms with Crippen LogP contribution in [0.4, 0.5) is 5.69 Å². The summed E-state index contributed by atoms with van der Waals surface area (Å²) in [6.45, 7) is 7.48. The predicted octanol–water partition coefficient (Wildman–Crippen LogP) is 3.05. The van der Waals surface area contributed by atoms with Crippen molar-refractivity contribution in [1.82, 2.24) is 5.32 Å². The number of rotatable bonds is 6. The lowest BCUT2D eigenvalue weighted by molar-refractivity contribution is -0.384. The molecule has 0 aromatic heterocycles. The maximum absolute atomic E-state index is 11.8. The molecule has 1 rings (SSSR count). The van der Waals surface area contributed by atoms with Crippen LogP contribution in [0.5, 0.6) is 0 Å². The van der Waals surface area contributed by atoms with E-state index in [9.17, 15) is 14.9 Å². The molecule has 6 heteroatoms. The molecule has 0 heterocycles. The molecule has 0 unspecified atom stereocenters. The minimum Gasteiger partial charge on any atom is -0.352 e. The number of nitro benzene ring substituents is 1. The number of hydrogen-bond donors (Lipinski definition) is 1. The predicted molar refractivity (Wildman–Crippen MR) is 78.2 cm³/mol. The van der Waals surface area contributed by atoms with Gasteiger partial charge in [0.25, 0.3) is 11.6 Å². The van der Waals surface area contributed by atoms with E-state index in [1.54, 1.807) is 6.07 Å². The summed E-state index contributed by atoms with van der Waals surface area (Å²) in [6, 6.07) is 6.94. The number of carbonyl (C=O) groups is 1. The van der Waals surface area contributed by atoms with Crippen molar-refractivity contribution in [2.45, 2.75) is 32.1 Å². The SMILES string of the molecule is C[Si](C)(C)CCCNC(=O)c1cccc([N+](=O)[O-])c1. The first kappa shape index (κ1) is 15.4. The van der Waals surface area contributed by atoms with Gasteiger partial charge in [-0.15, -0.1) is 0 Å². The third-order valence-corrected chi connectivity index (χ3v) is 4.56. The van der Waals surface area contributed by atoms with Crippen molar-refractivity contribution in [1.29, 1.82) is 0 Å². The van der Waals surface area contributed by atoms with Gasteiger partial charge in [0.2, 0.25) is 0 Å². The Bertz CT molecular complexity index is 469. The van der Waals surface area contributed by atoms with Gasteiger partial charge >= 0.3 is 0 Å². The number of nitro groups is 1. The van der Waals surface area contributed by atoms with Crippen molar-refractivity contribution < 1.29 is 9.72 Å². The Labute approximate surface area is 114 Å². The summed E-state index contributed by atoms with van der Waals surface area (Å²) in [7, 11) is -1.07. The van der Waals surface area contributed by atoms with Crippen LogP contribution in [0.15, 0.2) is 24.3 Å². The molecule has 0 spiro atoms. The zero-order valence-electron chi connectivity index (χ0n) is 11.6. The normalized spacial score (nSPS) is 11.1. The van der Waals surface area contributed by atoms with Crippen LogP contribution in [0.3, 0.4) is 0 Å². The Morgan fingerprint density at radius 1 is 1.37 bits per heavy atom. The van der Waals surface area contributed by atoms with Crippen LogP contribution >= 0.6 is 0 Å². The van der Waals surface area contributed by atoms with E-state index in [2.05, 4.69) is 25.0 Å². The Morgan fingerprint density at radius 2 is 2.05 bits per heavy atom. The van der Waals surface area contributed by atoms with Crippen LogP contribution in [0.2, 0.25) is 25.7 Å². The molecule has 1 amide bonds. The average Bonchev–Trinajstić information content (AvgIpc) is 2.33. The molecule has 1 N–H and O–H groups in total. The first-order valence-electron chi connectivity index (χ1n) is 6.32. The van der Waals surface area contributed by atoms with E-state index >= 15 is 0 Å². The standard InChI is InChI=1S/C13H20N2O3Si/c1-19(2,3)9-5-8-14-13(16)11-6-4-7-12(10-11)15(17)18/h4,6-7,10H,5,8-9H2,1-3H3,(H,14,16). The number of carbonyl (C=O) groups excluding carboxylic acids is 1. The highest BCUT2D eigenvalue weighted by Crippen LogP contribution is 2.13. The molecule has 0 fully saturated rings. The Morgan fingerprint density at radius 3 is 2.63 bits per heavy atom. The summed E-state index contributed by atoms with van der Waals surface area (Å²) in [4.78, 5) is 21.9. The monoisotopic (exact) mass is 280 g/mol. The van der Waals surface area contributed by atoms with Gasteiger partial charge in [-0.1, -0.05) is 31.8 Å². The molecular formula is C13H20N2O3Si. The third kappa shape index (κ3) is 5.65. The van der Waals surface area contributed by atoms with Gasteiger partial charge in [0.1, 0.15) is 0 Å². The molecule has 1 aromatic carbocycles. The van der Waals surface area contributed by atoms with Crippen LogP contribution in [0.1, 0.15) is 16.8 Å². The van der Waals surface area contributed by atoms with E-state index in [0.29, 0.717) is 12.1 Å². The molecule has 0 aliphatic rings. The van der Waals surface area contributed by atoms with E-state index in [0.717, 1.165) is 12.5 Å². The third-order valence-electron chi connectivity index (χ3n) is 2.71. The smallest absolute Gasteiger partial charge is 0.270 e. The number of amides is 1. The lowest BCUT2D eigenvalue weighted by Crippen LogP contribution is -2.27. The molecule has 1 aromatic rings. The molecule has 0 atom stereocenters. The second-order valence-corrected chi connectivity index (χ2v) is 11.3. The zero-order chi connectivity index (χ0) is 14.5. The number of hydrogen-bond acceptors (Lipinski definition) is 3. The summed E-state index contributed by atoms with van der Waals surface area (Å²) in [5.74, 6) is -0.251. The second-order valence-electron chi connectivity index (χ2n) is 5.73. The van der Waals surface area contributed by atoms with Gasteiger partial charge in [-0.05, 0) is 12.5 Å². The minimum atomic E-state index is -1.07. The van der Waals surface area contributed by atoms with Crippen molar-refractivity contribution in [3.8, 4) is 0 Å². The number of benzene rings is 1. The van der Waals surface area contributed by atoms with E-state index in [-0.39, 0.29) is 11.6 Å². The lowest BCUT2D eigenvalue weighted by atomic mass is 10.2. The molecule has 0 aliphatic carbocycles. The maximum Gasteiger partial charge on any atom is 0.270 e. The van der Waals surface area contributed by atoms with Gasteiger partial charge < -0.3 is 5.32 Å². The van der Waals surface area contributed by atoms with Gasteiger partial charge in [0.15, 0.2) is 0 Å². The molecule has 0 aliphatic heterocycles. The lowest BCUT2D eigenvalue weighted by Gasteiger charge is -2.15. The Balaban J connectivity index is 2.50. The first-order chi connectivity index (χ1) is 8.79. The molecule has 0 bridgehead atoms. The summed E-state index contributed by atoms with van der Waals surface area (Å²) in [5.41, 5.74) is 0.275. The molecule has 104 valence electrons. The molecule has 5 nitrogen and oxygen atoms in total. The van der Waals surface area contributed by atoms with Crippen molar-refractivity contribution in [3.05, 3.63) is 39.9 Å². The minimum absolute atomic E-state index is 0.0604. The van der Waals surface area contributed by atoms with Crippen molar-refractivity contribution >= 4 is 19.7 Å². The fourth-order valence-corrected chi connectivity index (χ4v) is 2.92. The maximum atomic E-state index is 11.8. The van der Waals surface area contributed by atoms with Gasteiger partial charge in [0.05, 0.1) is 4.92 Å². The molecular weight excluding hydrogens is 260 g/mol. The molecule has 0 saturated carbocycles. The van der Waals surface area contributed by atoms with Gasteiger partial charge in [-0.25, -0.2) is 0 Å². The van der Waals surface area contributed by atoms with Crippen LogP contribution in [0.25, 0.3) is 0 Å². The highest BCUT2D eigenvalue weighted by molar-refractivity contribution is 6.76. The van der Waals surface area contributed by atoms with Crippen molar-refractivity contribution in [2.75, 3.05) is 6.54 Å². The highest BCUT2D eigenvalue weighted by atomic mass is 28.3. The van der Waals surface area contributed by atoms with Gasteiger partial charge in [-0.3, -0.25) is 14.9 Å². The average molecular weight is 280 g/mol. The zero-order valence-corrected chi connectivity index (χ0v) is 12.6. The number of nitrogens with zero attached hydrogens (tertiary/aromatic N) is 1. The largest absolute Gasteiger partial charge is 0.352 e. The van der Waals surface area contributed by atoms with E-state index in [1.165, 1.54) is 18.2 Å². The first-order valence-corrected chi connectivity index (χ1v) is 10.0. The van der Waals surface area contributed by atoms with Gasteiger partial charge in [0, 0.05) is 32.3 Å². The quantitative estimate of drug-likeness (QED) is 0.377. The fourth-order valence-electron chi connectivity index (χ4n) is 1.68. The second kappa shape index (κ2) is 6.47. The number of non-ortho nitro benzene ring substituents is 1. The van der Waals surface area contributed by atoms with Gasteiger partial charge in [-0.2, -0.15) is 0 Å². The summed E-state index contributed by atoms with van der Waals surface area (Å²) in [6.07, 6.45) is 0.955. The fraction of sp³-hybridized carbons (Fsp3) is 0.462. The van der Waals surface area contributed by atoms with E-state index < -0.39 is 13.0 Å². The van der Waals surface area contributed by atoms with Crippen LogP contribution in [-0.2, 0) is 0 Å².